The maximum atomic E-state index is 13.6. The van der Waals surface area contributed by atoms with Crippen molar-refractivity contribution in [2.45, 2.75) is 43.5 Å². The molecule has 2 aromatic rings. The summed E-state index contributed by atoms with van der Waals surface area (Å²) in [4.78, 5) is 35.5. The van der Waals surface area contributed by atoms with Crippen LogP contribution in [0.25, 0.3) is 0 Å². The second-order valence-electron chi connectivity index (χ2n) is 9.51. The van der Waals surface area contributed by atoms with Gasteiger partial charge >= 0.3 is 36.4 Å². The molecule has 0 saturated carbocycles. The minimum Gasteiger partial charge on any atom is -0.475 e. The largest absolute Gasteiger partial charge is 0.490 e. The highest BCUT2D eigenvalue weighted by Gasteiger charge is 2.41. The van der Waals surface area contributed by atoms with Crippen LogP contribution < -0.4 is 4.90 Å². The van der Waals surface area contributed by atoms with Crippen molar-refractivity contribution in [1.29, 1.82) is 0 Å². The number of aliphatic carboxylic acids is 3. The van der Waals surface area contributed by atoms with Gasteiger partial charge in [-0.2, -0.15) is 39.5 Å². The van der Waals surface area contributed by atoms with E-state index in [0.29, 0.717) is 0 Å². The highest BCUT2D eigenvalue weighted by molar-refractivity contribution is 5.73. The molecule has 1 aromatic carbocycles. The number of aromatic nitrogens is 1. The van der Waals surface area contributed by atoms with Crippen molar-refractivity contribution in [3.05, 3.63) is 60.2 Å². The molecule has 20 heteroatoms. The van der Waals surface area contributed by atoms with E-state index in [4.69, 9.17) is 34.4 Å². The van der Waals surface area contributed by atoms with Gasteiger partial charge in [-0.15, -0.1) is 0 Å². The molecule has 258 valence electrons. The fourth-order valence-electron chi connectivity index (χ4n) is 4.04. The number of morpholine rings is 1. The predicted molar refractivity (Wildman–Crippen MR) is 137 cm³/mol. The lowest BCUT2D eigenvalue weighted by Gasteiger charge is -2.48. The first kappa shape index (κ1) is 39.8. The summed E-state index contributed by atoms with van der Waals surface area (Å²) in [5, 5.41) is 21.4. The molecule has 3 heterocycles. The van der Waals surface area contributed by atoms with Crippen LogP contribution >= 0.6 is 0 Å². The Kier molecular flexibility index (Phi) is 14.6. The molecule has 1 unspecified atom stereocenters. The summed E-state index contributed by atoms with van der Waals surface area (Å²) in [6.45, 7) is 5.32. The van der Waals surface area contributed by atoms with E-state index in [0.717, 1.165) is 57.9 Å². The molecule has 2 fully saturated rings. The number of pyridine rings is 1. The van der Waals surface area contributed by atoms with Gasteiger partial charge in [0.2, 0.25) is 0 Å². The molecule has 1 aromatic heterocycles. The third-order valence-electron chi connectivity index (χ3n) is 5.92. The Morgan fingerprint density at radius 3 is 1.76 bits per heavy atom. The predicted octanol–water partition coefficient (Wildman–Crippen LogP) is 4.99. The van der Waals surface area contributed by atoms with E-state index < -0.39 is 36.4 Å². The normalized spacial score (nSPS) is 18.5. The maximum Gasteiger partial charge on any atom is 0.490 e. The van der Waals surface area contributed by atoms with Crippen molar-refractivity contribution in [2.24, 2.45) is 0 Å². The van der Waals surface area contributed by atoms with Crippen molar-refractivity contribution in [1.82, 2.24) is 9.88 Å². The van der Waals surface area contributed by atoms with E-state index in [1.807, 2.05) is 18.5 Å². The van der Waals surface area contributed by atoms with Crippen LogP contribution in [0.5, 0.6) is 0 Å². The fraction of sp³-hybridized carbons (Fsp3) is 0.462. The van der Waals surface area contributed by atoms with Crippen molar-refractivity contribution < 1.29 is 78.3 Å². The first-order valence-corrected chi connectivity index (χ1v) is 12.7. The van der Waals surface area contributed by atoms with Crippen LogP contribution in [0.15, 0.2) is 48.8 Å². The Morgan fingerprint density at radius 1 is 0.804 bits per heavy atom. The summed E-state index contributed by atoms with van der Waals surface area (Å²) in [5.41, 5.74) is 2.08. The summed E-state index contributed by atoms with van der Waals surface area (Å²) < 4.78 is 115. The number of hydrogen-bond donors (Lipinski definition) is 3. The zero-order chi connectivity index (χ0) is 35.3. The second kappa shape index (κ2) is 16.9. The standard InChI is InChI=1S/C20H24FN3O.3C2HF3O2/c21-18-3-1-4-19(13-18)24-10-2-7-20(16-24)15-23(11-12-25-20)14-17-5-8-22-9-6-17;3*3-2(4,5)1(6)7/h1,3-6,8-9,13H,2,7,10-12,14-16H2;3*(H,6,7). The van der Waals surface area contributed by atoms with Crippen LogP contribution in [0.3, 0.4) is 0 Å². The lowest BCUT2D eigenvalue weighted by molar-refractivity contribution is -0.193. The number of rotatable bonds is 3. The molecule has 0 bridgehead atoms. The Labute approximate surface area is 253 Å². The number of halogens is 10. The summed E-state index contributed by atoms with van der Waals surface area (Å²) in [6.07, 6.45) is -9.43. The van der Waals surface area contributed by atoms with Gasteiger partial charge in [0.15, 0.2) is 0 Å². The van der Waals surface area contributed by atoms with Crippen molar-refractivity contribution in [3.8, 4) is 0 Å². The third-order valence-corrected chi connectivity index (χ3v) is 5.92. The van der Waals surface area contributed by atoms with Crippen LogP contribution in [0.4, 0.5) is 49.6 Å². The molecule has 0 radical (unpaired) electrons. The van der Waals surface area contributed by atoms with Gasteiger partial charge in [0, 0.05) is 50.8 Å². The minimum atomic E-state index is -5.08. The Morgan fingerprint density at radius 2 is 1.30 bits per heavy atom. The van der Waals surface area contributed by atoms with Crippen LogP contribution in [-0.2, 0) is 25.7 Å². The molecular formula is C26H27F10N3O7. The maximum absolute atomic E-state index is 13.6. The molecule has 0 aliphatic carbocycles. The Balaban J connectivity index is 0.000000413. The van der Waals surface area contributed by atoms with E-state index in [1.165, 1.54) is 11.6 Å². The summed E-state index contributed by atoms with van der Waals surface area (Å²) in [6, 6.07) is 11.0. The summed E-state index contributed by atoms with van der Waals surface area (Å²) >= 11 is 0. The van der Waals surface area contributed by atoms with Crippen molar-refractivity contribution >= 4 is 23.6 Å². The number of nitrogens with zero attached hydrogens (tertiary/aromatic N) is 3. The van der Waals surface area contributed by atoms with Crippen molar-refractivity contribution in [2.75, 3.05) is 37.7 Å². The molecule has 1 spiro atoms. The first-order chi connectivity index (χ1) is 21.1. The van der Waals surface area contributed by atoms with Gasteiger partial charge in [-0.3, -0.25) is 9.88 Å². The van der Waals surface area contributed by atoms with E-state index in [9.17, 15) is 43.9 Å². The van der Waals surface area contributed by atoms with Gasteiger partial charge < -0.3 is 25.0 Å². The fourth-order valence-corrected chi connectivity index (χ4v) is 4.04. The molecule has 10 nitrogen and oxygen atoms in total. The van der Waals surface area contributed by atoms with E-state index in [2.05, 4.69) is 26.9 Å². The van der Waals surface area contributed by atoms with Gasteiger partial charge in [0.05, 0.1) is 12.2 Å². The number of carboxylic acids is 3. The van der Waals surface area contributed by atoms with E-state index in [1.54, 1.807) is 12.1 Å². The number of ether oxygens (including phenoxy) is 1. The Bertz CT molecular complexity index is 1220. The number of alkyl halides is 9. The lowest BCUT2D eigenvalue weighted by atomic mass is 9.90. The number of piperidine rings is 1. The lowest BCUT2D eigenvalue weighted by Crippen LogP contribution is -2.59. The van der Waals surface area contributed by atoms with Crippen LogP contribution in [-0.4, -0.2) is 100 Å². The Hall–Kier alpha value is -4.20. The molecule has 2 saturated heterocycles. The molecule has 1 atom stereocenters. The van der Waals surface area contributed by atoms with Crippen LogP contribution in [0.1, 0.15) is 18.4 Å². The van der Waals surface area contributed by atoms with Crippen LogP contribution in [0.2, 0.25) is 0 Å². The first-order valence-electron chi connectivity index (χ1n) is 12.7. The van der Waals surface area contributed by atoms with Gasteiger partial charge in [0.25, 0.3) is 0 Å². The minimum absolute atomic E-state index is 0.157. The SMILES string of the molecule is Fc1cccc(N2CCCC3(CN(Cc4ccncc4)CCO3)C2)c1.O=C(O)C(F)(F)F.O=C(O)C(F)(F)F.O=C(O)C(F)(F)F. The van der Waals surface area contributed by atoms with Gasteiger partial charge in [-0.05, 0) is 48.7 Å². The number of carboxylic acid groups (broad SMARTS) is 3. The van der Waals surface area contributed by atoms with E-state index in [-0.39, 0.29) is 11.4 Å². The average molecular weight is 683 g/mol. The quantitative estimate of drug-likeness (QED) is 0.379. The summed E-state index contributed by atoms with van der Waals surface area (Å²) in [7, 11) is 0. The zero-order valence-corrected chi connectivity index (χ0v) is 23.4. The molecule has 3 N–H and O–H groups in total. The van der Waals surface area contributed by atoms with Gasteiger partial charge in [-0.25, -0.2) is 18.8 Å². The van der Waals surface area contributed by atoms with E-state index >= 15 is 0 Å². The zero-order valence-electron chi connectivity index (χ0n) is 23.4. The second-order valence-corrected chi connectivity index (χ2v) is 9.51. The number of hydrogen-bond acceptors (Lipinski definition) is 7. The third kappa shape index (κ3) is 14.7. The van der Waals surface area contributed by atoms with Crippen molar-refractivity contribution in [3.63, 3.8) is 0 Å². The highest BCUT2D eigenvalue weighted by atomic mass is 19.4. The topological polar surface area (TPSA) is 140 Å². The summed E-state index contributed by atoms with van der Waals surface area (Å²) in [5.74, 6) is -8.45. The molecule has 0 amide bonds. The molecule has 4 rings (SSSR count). The number of benzene rings is 1. The molecule has 2 aliphatic rings. The van der Waals surface area contributed by atoms with Gasteiger partial charge in [-0.1, -0.05) is 6.07 Å². The number of anilines is 1. The van der Waals surface area contributed by atoms with Gasteiger partial charge in [0.1, 0.15) is 5.82 Å². The highest BCUT2D eigenvalue weighted by Crippen LogP contribution is 2.32. The molecular weight excluding hydrogens is 656 g/mol. The number of carbonyl (C=O) groups is 3. The average Bonchev–Trinajstić information content (AvgIpc) is 2.93. The molecule has 2 aliphatic heterocycles. The monoisotopic (exact) mass is 683 g/mol. The van der Waals surface area contributed by atoms with Crippen LogP contribution in [0, 0.1) is 5.82 Å². The smallest absolute Gasteiger partial charge is 0.475 e. The molecule has 46 heavy (non-hydrogen) atoms.